The van der Waals surface area contributed by atoms with Crippen LogP contribution < -0.4 is 11.3 Å². The zero-order chi connectivity index (χ0) is 17.0. The van der Waals surface area contributed by atoms with Crippen LogP contribution in [-0.4, -0.2) is 34.9 Å². The summed E-state index contributed by atoms with van der Waals surface area (Å²) in [7, 11) is 0. The molecule has 1 saturated carbocycles. The van der Waals surface area contributed by atoms with Crippen molar-refractivity contribution in [2.24, 2.45) is 17.6 Å². The molecule has 3 N–H and O–H groups in total. The molecule has 3 atom stereocenters. The number of carbonyl (C=O) groups excluding carboxylic acids is 1. The number of aromatic nitrogens is 1. The van der Waals surface area contributed by atoms with E-state index in [2.05, 4.69) is 4.98 Å². The van der Waals surface area contributed by atoms with E-state index in [9.17, 15) is 14.0 Å². The molecule has 2 aromatic rings. The van der Waals surface area contributed by atoms with Crippen LogP contribution in [0.5, 0.6) is 0 Å². The van der Waals surface area contributed by atoms with Crippen LogP contribution in [0.15, 0.2) is 23.0 Å². The lowest BCUT2D eigenvalue weighted by Crippen LogP contribution is -2.34. The molecule has 6 heteroatoms. The maximum atomic E-state index is 14.2. The Morgan fingerprint density at radius 3 is 2.83 bits per heavy atom. The monoisotopic (exact) mass is 329 g/mol. The molecule has 2 aliphatic rings. The smallest absolute Gasteiger partial charge is 0.254 e. The lowest BCUT2D eigenvalue weighted by atomic mass is 9.98. The first-order chi connectivity index (χ1) is 11.4. The average molecular weight is 329 g/mol. The topological polar surface area (TPSA) is 79.2 Å². The molecule has 0 bridgehead atoms. The van der Waals surface area contributed by atoms with E-state index in [4.69, 9.17) is 5.73 Å². The highest BCUT2D eigenvalue weighted by Crippen LogP contribution is 2.38. The van der Waals surface area contributed by atoms with Gasteiger partial charge in [-0.2, -0.15) is 0 Å². The van der Waals surface area contributed by atoms with Crippen LogP contribution in [0.2, 0.25) is 0 Å². The first kappa shape index (κ1) is 15.3. The van der Waals surface area contributed by atoms with Gasteiger partial charge >= 0.3 is 0 Å². The first-order valence-corrected chi connectivity index (χ1v) is 8.32. The number of likely N-dealkylation sites (tertiary alicyclic amines) is 1. The van der Waals surface area contributed by atoms with Crippen molar-refractivity contribution < 1.29 is 9.18 Å². The zero-order valence-electron chi connectivity index (χ0n) is 13.5. The Balaban J connectivity index is 1.76. The number of amides is 1. The second-order valence-corrected chi connectivity index (χ2v) is 7.09. The number of halogens is 1. The number of aryl methyl sites for hydroxylation is 1. The van der Waals surface area contributed by atoms with Gasteiger partial charge in [-0.15, -0.1) is 0 Å². The summed E-state index contributed by atoms with van der Waals surface area (Å²) < 4.78 is 14.2. The number of nitrogens with one attached hydrogen (secondary N) is 1. The first-order valence-electron chi connectivity index (χ1n) is 8.32. The van der Waals surface area contributed by atoms with Gasteiger partial charge in [-0.05, 0) is 49.3 Å². The van der Waals surface area contributed by atoms with Gasteiger partial charge in [-0.3, -0.25) is 9.59 Å². The van der Waals surface area contributed by atoms with Gasteiger partial charge in [-0.25, -0.2) is 4.39 Å². The minimum Gasteiger partial charge on any atom is -0.338 e. The summed E-state index contributed by atoms with van der Waals surface area (Å²) in [5, 5.41) is 0.457. The normalized spacial score (nSPS) is 26.1. The average Bonchev–Trinajstić information content (AvgIpc) is 3.09. The van der Waals surface area contributed by atoms with E-state index in [0.29, 0.717) is 35.9 Å². The third-order valence-electron chi connectivity index (χ3n) is 5.48. The summed E-state index contributed by atoms with van der Waals surface area (Å²) >= 11 is 0. The van der Waals surface area contributed by atoms with Crippen LogP contribution in [0.25, 0.3) is 10.9 Å². The third-order valence-corrected chi connectivity index (χ3v) is 5.48. The molecular weight excluding hydrogens is 309 g/mol. The number of pyridine rings is 1. The molecule has 1 aliphatic carbocycles. The van der Waals surface area contributed by atoms with Crippen LogP contribution >= 0.6 is 0 Å². The van der Waals surface area contributed by atoms with E-state index in [0.717, 1.165) is 12.8 Å². The van der Waals surface area contributed by atoms with Crippen molar-refractivity contribution in [2.75, 3.05) is 13.1 Å². The van der Waals surface area contributed by atoms with Gasteiger partial charge in [0, 0.05) is 30.6 Å². The fourth-order valence-corrected chi connectivity index (χ4v) is 4.27. The van der Waals surface area contributed by atoms with Crippen LogP contribution in [0.1, 0.15) is 28.8 Å². The van der Waals surface area contributed by atoms with Gasteiger partial charge in [0.15, 0.2) is 0 Å². The minimum atomic E-state index is -0.517. The lowest BCUT2D eigenvalue weighted by Gasteiger charge is -2.19. The molecule has 1 amide bonds. The highest BCUT2D eigenvalue weighted by Gasteiger charge is 2.42. The molecule has 5 nitrogen and oxygen atoms in total. The highest BCUT2D eigenvalue weighted by molar-refractivity contribution is 6.06. The molecule has 24 heavy (non-hydrogen) atoms. The van der Waals surface area contributed by atoms with Crippen molar-refractivity contribution >= 4 is 16.8 Å². The Morgan fingerprint density at radius 2 is 2.08 bits per heavy atom. The lowest BCUT2D eigenvalue weighted by molar-refractivity contribution is 0.0781. The predicted molar refractivity (Wildman–Crippen MR) is 89.4 cm³/mol. The minimum absolute atomic E-state index is 0.0903. The van der Waals surface area contributed by atoms with Gasteiger partial charge in [0.1, 0.15) is 5.82 Å². The van der Waals surface area contributed by atoms with Crippen LogP contribution in [0.4, 0.5) is 4.39 Å². The van der Waals surface area contributed by atoms with Crippen molar-refractivity contribution in [3.63, 3.8) is 0 Å². The van der Waals surface area contributed by atoms with E-state index in [1.807, 2.05) is 0 Å². The number of hydrogen-bond donors (Lipinski definition) is 2. The molecule has 126 valence electrons. The summed E-state index contributed by atoms with van der Waals surface area (Å²) in [6.07, 6.45) is 2.05. The van der Waals surface area contributed by atoms with E-state index in [1.54, 1.807) is 17.9 Å². The van der Waals surface area contributed by atoms with Gasteiger partial charge in [0.05, 0.1) is 11.1 Å². The predicted octanol–water partition coefficient (Wildman–Crippen LogP) is 1.78. The SMILES string of the molecule is Cc1cc(F)c2[nH]c(=O)cc(C(=O)N3CC4CCC(N)C4C3)c2c1. The fourth-order valence-electron chi connectivity index (χ4n) is 4.27. The Bertz CT molecular complexity index is 892. The van der Waals surface area contributed by atoms with E-state index in [1.165, 1.54) is 12.1 Å². The van der Waals surface area contributed by atoms with Gasteiger partial charge < -0.3 is 15.6 Å². The van der Waals surface area contributed by atoms with Crippen molar-refractivity contribution in [2.45, 2.75) is 25.8 Å². The second kappa shape index (κ2) is 5.41. The van der Waals surface area contributed by atoms with Crippen LogP contribution in [0.3, 0.4) is 0 Å². The van der Waals surface area contributed by atoms with Crippen molar-refractivity contribution in [1.82, 2.24) is 9.88 Å². The molecule has 0 spiro atoms. The Labute approximate surface area is 138 Å². The van der Waals surface area contributed by atoms with E-state index >= 15 is 0 Å². The maximum absolute atomic E-state index is 14.2. The Morgan fingerprint density at radius 1 is 1.29 bits per heavy atom. The highest BCUT2D eigenvalue weighted by atomic mass is 19.1. The molecule has 1 aromatic carbocycles. The van der Waals surface area contributed by atoms with Crippen molar-refractivity contribution in [3.05, 3.63) is 45.5 Å². The number of fused-ring (bicyclic) bond motifs is 2. The van der Waals surface area contributed by atoms with Crippen molar-refractivity contribution in [1.29, 1.82) is 0 Å². The van der Waals surface area contributed by atoms with E-state index in [-0.39, 0.29) is 23.0 Å². The van der Waals surface area contributed by atoms with Gasteiger partial charge in [-0.1, -0.05) is 0 Å². The summed E-state index contributed by atoms with van der Waals surface area (Å²) in [4.78, 5) is 29.1. The molecule has 3 unspecified atom stereocenters. The summed E-state index contributed by atoms with van der Waals surface area (Å²) in [6.45, 7) is 3.05. The number of carbonyl (C=O) groups is 1. The number of hydrogen-bond acceptors (Lipinski definition) is 3. The quantitative estimate of drug-likeness (QED) is 0.837. The third kappa shape index (κ3) is 2.33. The fraction of sp³-hybridized carbons (Fsp3) is 0.444. The van der Waals surface area contributed by atoms with E-state index < -0.39 is 11.4 Å². The number of rotatable bonds is 1. The summed E-state index contributed by atoms with van der Waals surface area (Å²) in [6, 6.07) is 4.51. The van der Waals surface area contributed by atoms with Gasteiger partial charge in [0.25, 0.3) is 5.91 Å². The number of benzene rings is 1. The molecule has 1 aromatic heterocycles. The molecule has 1 aliphatic heterocycles. The van der Waals surface area contributed by atoms with Gasteiger partial charge in [0.2, 0.25) is 5.56 Å². The maximum Gasteiger partial charge on any atom is 0.254 e. The van der Waals surface area contributed by atoms with Crippen LogP contribution in [0, 0.1) is 24.6 Å². The zero-order valence-corrected chi connectivity index (χ0v) is 13.5. The number of aromatic amines is 1. The largest absolute Gasteiger partial charge is 0.338 e. The number of H-pyrrole nitrogens is 1. The molecule has 2 fully saturated rings. The molecule has 4 rings (SSSR count). The molecule has 2 heterocycles. The van der Waals surface area contributed by atoms with Crippen LogP contribution in [-0.2, 0) is 0 Å². The summed E-state index contributed by atoms with van der Waals surface area (Å²) in [5.41, 5.74) is 6.73. The van der Waals surface area contributed by atoms with Crippen molar-refractivity contribution in [3.8, 4) is 0 Å². The standard InChI is InChI=1S/C18H20FN3O2/c1-9-4-11-12(6-16(23)21-17(11)14(19)5-9)18(24)22-7-10-2-3-15(20)13(10)8-22/h4-6,10,13,15H,2-3,7-8,20H2,1H3,(H,21,23). The number of nitrogens with zero attached hydrogens (tertiary/aromatic N) is 1. The molecular formula is C18H20FN3O2. The summed E-state index contributed by atoms with van der Waals surface area (Å²) in [5.74, 6) is 0.0473. The Kier molecular flexibility index (Phi) is 3.46. The second-order valence-electron chi connectivity index (χ2n) is 7.09. The molecule has 1 saturated heterocycles. The molecule has 0 radical (unpaired) electrons. The Hall–Kier alpha value is -2.21. The number of nitrogens with two attached hydrogens (primary N) is 1.